The Labute approximate surface area is 155 Å². The summed E-state index contributed by atoms with van der Waals surface area (Å²) in [6.07, 6.45) is 0.419. The number of halogens is 7. The van der Waals surface area contributed by atoms with Crippen molar-refractivity contribution in [2.24, 2.45) is 0 Å². The Hall–Kier alpha value is 1.18. The first kappa shape index (κ1) is 16.1. The van der Waals surface area contributed by atoms with Gasteiger partial charge < -0.3 is 0 Å². The van der Waals surface area contributed by atoms with E-state index in [9.17, 15) is 0 Å². The molecule has 3 atom stereocenters. The Morgan fingerprint density at radius 3 is 2.10 bits per heavy atom. The Morgan fingerprint density at radius 1 is 1.00 bits per heavy atom. The molecule has 0 N–H and O–H groups in total. The molecule has 2 aliphatic carbocycles. The summed E-state index contributed by atoms with van der Waals surface area (Å²) in [5, 5.41) is 0.469. The van der Waals surface area contributed by atoms with E-state index in [2.05, 4.69) is 15.9 Å². The molecule has 20 heavy (non-hydrogen) atoms. The smallest absolute Gasteiger partial charge is 0.110 e. The number of hydrogen-bond acceptors (Lipinski definition) is 0. The van der Waals surface area contributed by atoms with Crippen LogP contribution in [0.1, 0.15) is 17.9 Å². The molecule has 0 heterocycles. The van der Waals surface area contributed by atoms with Crippen LogP contribution < -0.4 is 0 Å². The third-order valence-corrected chi connectivity index (χ3v) is 9.06. The van der Waals surface area contributed by atoms with Gasteiger partial charge in [0.1, 0.15) is 9.75 Å². The van der Waals surface area contributed by atoms with Gasteiger partial charge in [0.15, 0.2) is 4.33 Å². The van der Waals surface area contributed by atoms with Gasteiger partial charge >= 0.3 is 0 Å². The van der Waals surface area contributed by atoms with Crippen LogP contribution in [0.2, 0.25) is 0 Å². The number of rotatable bonds is 1. The SMILES string of the molecule is ClC1=C(Cl)C2(Cl)C(c3ccccc3Br)CC1(Cl)C2(Cl)Cl. The zero-order valence-electron chi connectivity index (χ0n) is 9.74. The first-order chi connectivity index (χ1) is 9.18. The average Bonchev–Trinajstić information content (AvgIpc) is 2.61. The molecule has 2 aliphatic rings. The number of allylic oxidation sites excluding steroid dienone is 2. The van der Waals surface area contributed by atoms with E-state index in [1.807, 2.05) is 24.3 Å². The van der Waals surface area contributed by atoms with Gasteiger partial charge in [0, 0.05) is 10.4 Å². The van der Waals surface area contributed by atoms with E-state index in [1.54, 1.807) is 0 Å². The highest BCUT2D eigenvalue weighted by molar-refractivity contribution is 9.10. The zero-order valence-corrected chi connectivity index (χ0v) is 15.9. The van der Waals surface area contributed by atoms with Crippen LogP contribution in [0.4, 0.5) is 0 Å². The molecule has 0 amide bonds. The van der Waals surface area contributed by atoms with Crippen LogP contribution in [0.5, 0.6) is 0 Å². The summed E-state index contributed by atoms with van der Waals surface area (Å²) in [4.78, 5) is -2.41. The molecular formula is C13H7BrCl6. The van der Waals surface area contributed by atoms with Crippen molar-refractivity contribution in [2.45, 2.75) is 26.4 Å². The Morgan fingerprint density at radius 2 is 1.60 bits per heavy atom. The van der Waals surface area contributed by atoms with Gasteiger partial charge in [0.2, 0.25) is 0 Å². The third kappa shape index (κ3) is 1.69. The molecule has 0 aliphatic heterocycles. The maximum Gasteiger partial charge on any atom is 0.166 e. The van der Waals surface area contributed by atoms with Gasteiger partial charge in [-0.2, -0.15) is 0 Å². The summed E-state index contributed by atoms with van der Waals surface area (Å²) in [6, 6.07) is 7.70. The standard InChI is InChI=1S/C13H7BrCl6/c14-8-4-2-1-3-6(8)7-5-11(17)9(15)10(16)12(7,18)13(11,19)20/h1-4,7H,5H2. The fourth-order valence-electron chi connectivity index (χ4n) is 2.99. The quantitative estimate of drug-likeness (QED) is 0.410. The van der Waals surface area contributed by atoms with Crippen molar-refractivity contribution in [3.05, 3.63) is 44.4 Å². The van der Waals surface area contributed by atoms with Crippen LogP contribution in [0.25, 0.3) is 0 Å². The van der Waals surface area contributed by atoms with Crippen LogP contribution in [0.15, 0.2) is 38.8 Å². The molecule has 0 radical (unpaired) electrons. The number of hydrogen-bond donors (Lipinski definition) is 0. The minimum atomic E-state index is -1.47. The van der Waals surface area contributed by atoms with Gasteiger partial charge in [-0.25, -0.2) is 0 Å². The summed E-state index contributed by atoms with van der Waals surface area (Å²) in [6.45, 7) is 0. The molecule has 0 saturated heterocycles. The predicted molar refractivity (Wildman–Crippen MR) is 91.8 cm³/mol. The monoisotopic (exact) mass is 452 g/mol. The molecule has 1 aromatic rings. The largest absolute Gasteiger partial charge is 0.166 e. The fraction of sp³-hybridized carbons (Fsp3) is 0.385. The minimum absolute atomic E-state index is 0.229. The van der Waals surface area contributed by atoms with Crippen LogP contribution >= 0.6 is 85.5 Å². The second kappa shape index (κ2) is 4.84. The molecular weight excluding hydrogens is 449 g/mol. The average molecular weight is 456 g/mol. The first-order valence-corrected chi connectivity index (χ1v) is 8.80. The van der Waals surface area contributed by atoms with E-state index in [-0.39, 0.29) is 16.0 Å². The maximum atomic E-state index is 6.75. The van der Waals surface area contributed by atoms with Crippen LogP contribution in [-0.2, 0) is 0 Å². The van der Waals surface area contributed by atoms with Crippen LogP contribution in [-0.4, -0.2) is 14.1 Å². The lowest BCUT2D eigenvalue weighted by molar-refractivity contribution is 0.599. The Balaban J connectivity index is 2.23. The number of alkyl halides is 4. The van der Waals surface area contributed by atoms with E-state index in [0.29, 0.717) is 6.42 Å². The summed E-state index contributed by atoms with van der Waals surface area (Å²) in [5.41, 5.74) is 0.956. The predicted octanol–water partition coefficient (Wildman–Crippen LogP) is 6.77. The van der Waals surface area contributed by atoms with E-state index >= 15 is 0 Å². The van der Waals surface area contributed by atoms with E-state index in [4.69, 9.17) is 69.6 Å². The molecule has 2 bridgehead atoms. The topological polar surface area (TPSA) is 0 Å². The lowest BCUT2D eigenvalue weighted by Crippen LogP contribution is -2.43. The highest BCUT2D eigenvalue weighted by Crippen LogP contribution is 2.76. The van der Waals surface area contributed by atoms with Crippen molar-refractivity contribution in [3.63, 3.8) is 0 Å². The molecule has 108 valence electrons. The third-order valence-electron chi connectivity index (χ3n) is 4.06. The molecule has 1 fully saturated rings. The Kier molecular flexibility index (Phi) is 3.88. The lowest BCUT2D eigenvalue weighted by atomic mass is 9.86. The highest BCUT2D eigenvalue weighted by atomic mass is 79.9. The first-order valence-electron chi connectivity index (χ1n) is 5.74. The van der Waals surface area contributed by atoms with Gasteiger partial charge in [-0.05, 0) is 18.1 Å². The van der Waals surface area contributed by atoms with Crippen molar-refractivity contribution in [2.75, 3.05) is 0 Å². The fourth-order valence-corrected chi connectivity index (χ4v) is 6.34. The Bertz CT molecular complexity index is 627. The van der Waals surface area contributed by atoms with E-state index in [1.165, 1.54) is 0 Å². The van der Waals surface area contributed by atoms with Crippen molar-refractivity contribution >= 4 is 85.5 Å². The van der Waals surface area contributed by atoms with E-state index in [0.717, 1.165) is 10.0 Å². The number of fused-ring (bicyclic) bond motifs is 2. The van der Waals surface area contributed by atoms with Crippen molar-refractivity contribution in [1.29, 1.82) is 0 Å². The van der Waals surface area contributed by atoms with Crippen molar-refractivity contribution in [1.82, 2.24) is 0 Å². The van der Waals surface area contributed by atoms with Gasteiger partial charge in [0.05, 0.1) is 10.1 Å². The summed E-state index contributed by atoms with van der Waals surface area (Å²) < 4.78 is -0.570. The summed E-state index contributed by atoms with van der Waals surface area (Å²) in [5.74, 6) is -0.234. The minimum Gasteiger partial charge on any atom is -0.110 e. The van der Waals surface area contributed by atoms with Crippen LogP contribution in [0.3, 0.4) is 0 Å². The molecule has 0 aromatic heterocycles. The highest BCUT2D eigenvalue weighted by Gasteiger charge is 2.78. The second-order valence-electron chi connectivity index (χ2n) is 4.99. The molecule has 0 spiro atoms. The molecule has 3 rings (SSSR count). The summed E-state index contributed by atoms with van der Waals surface area (Å²) in [7, 11) is 0. The van der Waals surface area contributed by atoms with E-state index < -0.39 is 14.1 Å². The lowest BCUT2D eigenvalue weighted by Gasteiger charge is -2.34. The zero-order chi connectivity index (χ0) is 14.9. The molecule has 7 heteroatoms. The second-order valence-corrected chi connectivity index (χ2v) is 9.17. The van der Waals surface area contributed by atoms with Crippen molar-refractivity contribution < 1.29 is 0 Å². The van der Waals surface area contributed by atoms with Gasteiger partial charge in [-0.15, -0.1) is 23.2 Å². The molecule has 3 unspecified atom stereocenters. The molecule has 0 nitrogen and oxygen atoms in total. The maximum absolute atomic E-state index is 6.75. The van der Waals surface area contributed by atoms with Gasteiger partial charge in [-0.3, -0.25) is 0 Å². The van der Waals surface area contributed by atoms with Crippen molar-refractivity contribution in [3.8, 4) is 0 Å². The summed E-state index contributed by atoms with van der Waals surface area (Å²) >= 11 is 42.3. The normalized spacial score (nSPS) is 38.6. The molecule has 1 saturated carbocycles. The van der Waals surface area contributed by atoms with Gasteiger partial charge in [0.25, 0.3) is 0 Å². The van der Waals surface area contributed by atoms with Gasteiger partial charge in [-0.1, -0.05) is 80.5 Å². The molecule has 1 aromatic carbocycles. The van der Waals surface area contributed by atoms with Crippen LogP contribution in [0, 0.1) is 0 Å². The number of benzene rings is 1.